The first-order chi connectivity index (χ1) is 16.4. The van der Waals surface area contributed by atoms with E-state index in [0.717, 1.165) is 25.0 Å². The van der Waals surface area contributed by atoms with Gasteiger partial charge in [-0.2, -0.15) is 0 Å². The molecule has 3 amide bonds. The number of carbonyl (C=O) groups is 2. The molecular weight excluding hydrogens is 463 g/mol. The number of hydrogen-bond donors (Lipinski definition) is 1. The molecule has 1 fully saturated rings. The summed E-state index contributed by atoms with van der Waals surface area (Å²) in [5, 5.41) is 2.73. The Hall–Kier alpha value is -3.43. The molecule has 3 rings (SSSR count). The molecule has 1 aliphatic heterocycles. The maximum Gasteiger partial charge on any atom is 0.573 e. The maximum absolute atomic E-state index is 13.2. The number of piperidine rings is 1. The zero-order valence-electron chi connectivity index (χ0n) is 20.0. The summed E-state index contributed by atoms with van der Waals surface area (Å²) in [4.78, 5) is 29.0. The zero-order valence-corrected chi connectivity index (χ0v) is 20.0. The Morgan fingerprint density at radius 2 is 1.71 bits per heavy atom. The van der Waals surface area contributed by atoms with Crippen LogP contribution in [0.15, 0.2) is 54.6 Å². The molecule has 1 atom stereocenters. The summed E-state index contributed by atoms with van der Waals surface area (Å²) in [6.07, 6.45) is -3.55. The summed E-state index contributed by atoms with van der Waals surface area (Å²) >= 11 is 0. The Morgan fingerprint density at radius 3 is 2.31 bits per heavy atom. The van der Waals surface area contributed by atoms with Gasteiger partial charge in [-0.15, -0.1) is 13.2 Å². The summed E-state index contributed by atoms with van der Waals surface area (Å²) < 4.78 is 46.6. The van der Waals surface area contributed by atoms with E-state index in [1.165, 1.54) is 12.1 Å². The molecule has 0 aliphatic carbocycles. The third kappa shape index (κ3) is 8.38. The fourth-order valence-corrected chi connectivity index (χ4v) is 3.81. The Kier molecular flexibility index (Phi) is 8.14. The number of ether oxygens (including phenoxy) is 2. The van der Waals surface area contributed by atoms with Crippen LogP contribution < -0.4 is 15.0 Å². The molecule has 0 saturated carbocycles. The van der Waals surface area contributed by atoms with E-state index >= 15 is 0 Å². The van der Waals surface area contributed by atoms with E-state index in [9.17, 15) is 22.8 Å². The van der Waals surface area contributed by atoms with Crippen molar-refractivity contribution < 1.29 is 32.2 Å². The lowest BCUT2D eigenvalue weighted by Crippen LogP contribution is -2.47. The van der Waals surface area contributed by atoms with Gasteiger partial charge in [0.15, 0.2) is 0 Å². The zero-order chi connectivity index (χ0) is 25.6. The molecule has 10 heteroatoms. The maximum atomic E-state index is 13.2. The van der Waals surface area contributed by atoms with Gasteiger partial charge in [0.05, 0.1) is 0 Å². The fraction of sp³-hybridized carbons (Fsp3) is 0.440. The normalized spacial score (nSPS) is 16.4. The molecule has 190 valence electrons. The van der Waals surface area contributed by atoms with Crippen molar-refractivity contribution >= 4 is 23.5 Å². The molecule has 1 unspecified atom stereocenters. The molecule has 2 aromatic carbocycles. The van der Waals surface area contributed by atoms with Crippen molar-refractivity contribution in [3.8, 4) is 5.75 Å². The average molecular weight is 494 g/mol. The molecule has 1 aliphatic rings. The van der Waals surface area contributed by atoms with Gasteiger partial charge in [0.1, 0.15) is 11.4 Å². The SMILES string of the molecule is CC(C)(C)OC(=O)N1CCCC(CN(C(=O)Nc2ccc(OC(F)(F)F)cc2)c2ccccc2)C1. The number of likely N-dealkylation sites (tertiary alicyclic amines) is 1. The number of benzene rings is 2. The lowest BCUT2D eigenvalue weighted by molar-refractivity contribution is -0.274. The highest BCUT2D eigenvalue weighted by Gasteiger charge is 2.32. The molecule has 0 spiro atoms. The number of nitrogens with one attached hydrogen (secondary N) is 1. The van der Waals surface area contributed by atoms with E-state index in [-0.39, 0.29) is 17.8 Å². The van der Waals surface area contributed by atoms with Gasteiger partial charge in [-0.05, 0) is 75.9 Å². The van der Waals surface area contributed by atoms with Gasteiger partial charge in [0.25, 0.3) is 0 Å². The van der Waals surface area contributed by atoms with E-state index in [4.69, 9.17) is 4.74 Å². The first kappa shape index (κ1) is 26.2. The van der Waals surface area contributed by atoms with Crippen LogP contribution in [0.5, 0.6) is 5.75 Å². The second kappa shape index (κ2) is 10.9. The third-order valence-electron chi connectivity index (χ3n) is 5.26. The van der Waals surface area contributed by atoms with Crippen LogP contribution >= 0.6 is 0 Å². The van der Waals surface area contributed by atoms with Crippen LogP contribution in [-0.2, 0) is 4.74 Å². The van der Waals surface area contributed by atoms with E-state index in [1.807, 2.05) is 39.0 Å². The highest BCUT2D eigenvalue weighted by Crippen LogP contribution is 2.26. The number of rotatable bonds is 5. The Morgan fingerprint density at radius 1 is 1.06 bits per heavy atom. The van der Waals surface area contributed by atoms with Crippen molar-refractivity contribution in [2.75, 3.05) is 29.9 Å². The smallest absolute Gasteiger partial charge is 0.444 e. The standard InChI is InChI=1S/C25H30F3N3O4/c1-24(2,3)35-23(33)30-15-7-8-18(16-30)17-31(20-9-5-4-6-10-20)22(32)29-19-11-13-21(14-12-19)34-25(26,27)28/h4-6,9-14,18H,7-8,15-17H2,1-3H3,(H,29,32). The van der Waals surface area contributed by atoms with Gasteiger partial charge < -0.3 is 19.7 Å². The van der Waals surface area contributed by atoms with Gasteiger partial charge in [-0.1, -0.05) is 18.2 Å². The van der Waals surface area contributed by atoms with Crippen LogP contribution in [0.2, 0.25) is 0 Å². The molecule has 7 nitrogen and oxygen atoms in total. The first-order valence-electron chi connectivity index (χ1n) is 11.4. The quantitative estimate of drug-likeness (QED) is 0.533. The number of halogens is 3. The van der Waals surface area contributed by atoms with E-state index in [2.05, 4.69) is 10.1 Å². The molecule has 1 N–H and O–H groups in total. The summed E-state index contributed by atoms with van der Waals surface area (Å²) in [6, 6.07) is 13.6. The number of amides is 3. The Bertz CT molecular complexity index is 992. The summed E-state index contributed by atoms with van der Waals surface area (Å²) in [5.41, 5.74) is 0.390. The number of urea groups is 1. The van der Waals surface area contributed by atoms with Crippen LogP contribution in [-0.4, -0.2) is 48.6 Å². The summed E-state index contributed by atoms with van der Waals surface area (Å²) in [6.45, 7) is 6.84. The minimum absolute atomic E-state index is 0.0183. The van der Waals surface area contributed by atoms with Crippen LogP contribution in [0.4, 0.5) is 34.1 Å². The number of hydrogen-bond acceptors (Lipinski definition) is 4. The lowest BCUT2D eigenvalue weighted by Gasteiger charge is -2.36. The molecule has 35 heavy (non-hydrogen) atoms. The highest BCUT2D eigenvalue weighted by atomic mass is 19.4. The summed E-state index contributed by atoms with van der Waals surface area (Å²) in [7, 11) is 0. The molecule has 1 saturated heterocycles. The summed E-state index contributed by atoms with van der Waals surface area (Å²) in [5.74, 6) is -0.357. The van der Waals surface area contributed by atoms with Crippen LogP contribution in [0.1, 0.15) is 33.6 Å². The van der Waals surface area contributed by atoms with Crippen molar-refractivity contribution in [2.45, 2.75) is 45.6 Å². The molecular formula is C25H30F3N3O4. The van der Waals surface area contributed by atoms with Crippen molar-refractivity contribution in [1.29, 1.82) is 0 Å². The highest BCUT2D eigenvalue weighted by molar-refractivity contribution is 6.01. The van der Waals surface area contributed by atoms with Gasteiger partial charge in [0.2, 0.25) is 0 Å². The van der Waals surface area contributed by atoms with Crippen molar-refractivity contribution in [1.82, 2.24) is 4.90 Å². The monoisotopic (exact) mass is 493 g/mol. The number of anilines is 2. The predicted molar refractivity (Wildman–Crippen MR) is 126 cm³/mol. The molecule has 1 heterocycles. The fourth-order valence-electron chi connectivity index (χ4n) is 3.81. The van der Waals surface area contributed by atoms with Crippen LogP contribution in [0.3, 0.4) is 0 Å². The van der Waals surface area contributed by atoms with Crippen molar-refractivity contribution in [2.24, 2.45) is 5.92 Å². The number of alkyl halides is 3. The minimum Gasteiger partial charge on any atom is -0.444 e. The first-order valence-corrected chi connectivity index (χ1v) is 11.4. The topological polar surface area (TPSA) is 71.1 Å². The number of carbonyl (C=O) groups excluding carboxylic acids is 2. The van der Waals surface area contributed by atoms with Gasteiger partial charge >= 0.3 is 18.5 Å². The second-order valence-electron chi connectivity index (χ2n) is 9.38. The van der Waals surface area contributed by atoms with Crippen molar-refractivity contribution in [3.05, 3.63) is 54.6 Å². The molecule has 0 bridgehead atoms. The molecule has 2 aromatic rings. The molecule has 0 aromatic heterocycles. The number of nitrogens with zero attached hydrogens (tertiary/aromatic N) is 2. The second-order valence-corrected chi connectivity index (χ2v) is 9.38. The third-order valence-corrected chi connectivity index (χ3v) is 5.26. The minimum atomic E-state index is -4.79. The van der Waals surface area contributed by atoms with E-state index in [0.29, 0.717) is 31.0 Å². The van der Waals surface area contributed by atoms with Gasteiger partial charge in [-0.25, -0.2) is 9.59 Å². The predicted octanol–water partition coefficient (Wildman–Crippen LogP) is 6.27. The van der Waals surface area contributed by atoms with Gasteiger partial charge in [-0.3, -0.25) is 4.90 Å². The van der Waals surface area contributed by atoms with Crippen LogP contribution in [0, 0.1) is 5.92 Å². The Balaban J connectivity index is 1.70. The Labute approximate surface area is 202 Å². The molecule has 0 radical (unpaired) electrons. The van der Waals surface area contributed by atoms with Gasteiger partial charge in [0, 0.05) is 31.0 Å². The lowest BCUT2D eigenvalue weighted by atomic mass is 9.97. The largest absolute Gasteiger partial charge is 0.573 e. The van der Waals surface area contributed by atoms with Crippen LogP contribution in [0.25, 0.3) is 0 Å². The average Bonchev–Trinajstić information content (AvgIpc) is 2.77. The van der Waals surface area contributed by atoms with E-state index in [1.54, 1.807) is 21.9 Å². The van der Waals surface area contributed by atoms with E-state index < -0.39 is 18.0 Å². The van der Waals surface area contributed by atoms with Crippen molar-refractivity contribution in [3.63, 3.8) is 0 Å². The number of para-hydroxylation sites is 1.